The number of aromatic nitrogens is 2. The summed E-state index contributed by atoms with van der Waals surface area (Å²) in [6, 6.07) is 14.8. The molecule has 0 spiro atoms. The topological polar surface area (TPSA) is 69.8 Å². The van der Waals surface area contributed by atoms with Gasteiger partial charge in [0.15, 0.2) is 0 Å². The van der Waals surface area contributed by atoms with Crippen molar-refractivity contribution in [3.63, 3.8) is 0 Å². The van der Waals surface area contributed by atoms with Crippen molar-refractivity contribution >= 4 is 40.6 Å². The zero-order valence-electron chi connectivity index (χ0n) is 16.0. The van der Waals surface area contributed by atoms with Crippen LogP contribution in [0.5, 0.6) is 0 Å². The van der Waals surface area contributed by atoms with Gasteiger partial charge in [0.05, 0.1) is 5.56 Å². The Bertz CT molecular complexity index is 1240. The molecule has 1 aliphatic rings. The van der Waals surface area contributed by atoms with Gasteiger partial charge in [-0.15, -0.1) is 12.4 Å². The number of hydrogen-bond acceptors (Lipinski definition) is 3. The third kappa shape index (κ3) is 3.62. The van der Waals surface area contributed by atoms with Crippen LogP contribution in [0.15, 0.2) is 60.9 Å². The highest BCUT2D eigenvalue weighted by molar-refractivity contribution is 6.13. The maximum Gasteiger partial charge on any atom is 0.257 e. The maximum atomic E-state index is 14.1. The fourth-order valence-corrected chi connectivity index (χ4v) is 3.81. The number of amides is 1. The molecule has 1 aliphatic heterocycles. The molecule has 30 heavy (non-hydrogen) atoms. The summed E-state index contributed by atoms with van der Waals surface area (Å²) in [5, 5.41) is 7.08. The molecule has 0 aliphatic carbocycles. The third-order valence-electron chi connectivity index (χ3n) is 5.30. The van der Waals surface area contributed by atoms with E-state index in [0.29, 0.717) is 16.7 Å². The molecule has 2 aromatic carbocycles. The van der Waals surface area contributed by atoms with E-state index < -0.39 is 5.95 Å². The molecule has 0 fully saturated rings. The minimum absolute atomic E-state index is 0. The highest BCUT2D eigenvalue weighted by atomic mass is 35.5. The second-order valence-corrected chi connectivity index (χ2v) is 7.16. The first-order chi connectivity index (χ1) is 14.2. The molecule has 3 heterocycles. The molecule has 4 aromatic rings. The SMILES string of the molecule is Cl.O=C(Nc1ccc2c(c1)NCCC2)c1c[nH]c2ccc(-c3cccnc3F)cc12. The van der Waals surface area contributed by atoms with Gasteiger partial charge in [-0.1, -0.05) is 12.1 Å². The fraction of sp³-hybridized carbons (Fsp3) is 0.130. The van der Waals surface area contributed by atoms with Gasteiger partial charge in [0, 0.05) is 46.8 Å². The van der Waals surface area contributed by atoms with Crippen LogP contribution in [-0.2, 0) is 6.42 Å². The molecule has 2 aromatic heterocycles. The van der Waals surface area contributed by atoms with Crippen LogP contribution in [-0.4, -0.2) is 22.4 Å². The Labute approximate surface area is 179 Å². The Morgan fingerprint density at radius 2 is 2.03 bits per heavy atom. The summed E-state index contributed by atoms with van der Waals surface area (Å²) in [5.41, 5.74) is 5.49. The van der Waals surface area contributed by atoms with Crippen molar-refractivity contribution in [1.82, 2.24) is 9.97 Å². The minimum Gasteiger partial charge on any atom is -0.385 e. The Balaban J connectivity index is 0.00000218. The largest absolute Gasteiger partial charge is 0.385 e. The number of halogens is 2. The number of anilines is 2. The van der Waals surface area contributed by atoms with Crippen molar-refractivity contribution in [2.24, 2.45) is 0 Å². The van der Waals surface area contributed by atoms with Crippen LogP contribution in [0.3, 0.4) is 0 Å². The molecule has 152 valence electrons. The average molecular weight is 423 g/mol. The average Bonchev–Trinajstić information content (AvgIpc) is 3.17. The van der Waals surface area contributed by atoms with E-state index in [-0.39, 0.29) is 18.3 Å². The smallest absolute Gasteiger partial charge is 0.257 e. The van der Waals surface area contributed by atoms with Gasteiger partial charge in [-0.05, 0) is 60.4 Å². The summed E-state index contributed by atoms with van der Waals surface area (Å²) < 4.78 is 14.1. The number of rotatable bonds is 3. The maximum absolute atomic E-state index is 14.1. The molecule has 0 saturated carbocycles. The van der Waals surface area contributed by atoms with E-state index in [1.54, 1.807) is 18.3 Å². The van der Waals surface area contributed by atoms with Crippen LogP contribution in [0.4, 0.5) is 15.8 Å². The van der Waals surface area contributed by atoms with E-state index in [0.717, 1.165) is 41.7 Å². The Morgan fingerprint density at radius 1 is 1.13 bits per heavy atom. The number of nitrogens with zero attached hydrogens (tertiary/aromatic N) is 1. The first-order valence-electron chi connectivity index (χ1n) is 9.59. The van der Waals surface area contributed by atoms with Gasteiger partial charge in [-0.3, -0.25) is 4.79 Å². The van der Waals surface area contributed by atoms with Crippen LogP contribution in [0, 0.1) is 5.95 Å². The van der Waals surface area contributed by atoms with Crippen LogP contribution in [0.2, 0.25) is 0 Å². The lowest BCUT2D eigenvalue weighted by atomic mass is 10.0. The van der Waals surface area contributed by atoms with Crippen molar-refractivity contribution in [1.29, 1.82) is 0 Å². The number of fused-ring (bicyclic) bond motifs is 2. The monoisotopic (exact) mass is 422 g/mol. The molecule has 7 heteroatoms. The highest BCUT2D eigenvalue weighted by Crippen LogP contribution is 2.29. The molecule has 0 saturated heterocycles. The lowest BCUT2D eigenvalue weighted by Crippen LogP contribution is -2.14. The molecular weight excluding hydrogens is 403 g/mol. The van der Waals surface area contributed by atoms with Crippen LogP contribution in [0.25, 0.3) is 22.0 Å². The van der Waals surface area contributed by atoms with Crippen molar-refractivity contribution in [2.75, 3.05) is 17.2 Å². The normalized spacial score (nSPS) is 12.6. The number of aryl methyl sites for hydroxylation is 1. The van der Waals surface area contributed by atoms with E-state index in [4.69, 9.17) is 0 Å². The van der Waals surface area contributed by atoms with Gasteiger partial charge in [-0.25, -0.2) is 4.98 Å². The van der Waals surface area contributed by atoms with Crippen molar-refractivity contribution in [2.45, 2.75) is 12.8 Å². The van der Waals surface area contributed by atoms with Gasteiger partial charge >= 0.3 is 0 Å². The predicted molar refractivity (Wildman–Crippen MR) is 120 cm³/mol. The van der Waals surface area contributed by atoms with Gasteiger partial charge in [0.25, 0.3) is 5.91 Å². The zero-order valence-corrected chi connectivity index (χ0v) is 16.9. The predicted octanol–water partition coefficient (Wildman–Crippen LogP) is 5.40. The van der Waals surface area contributed by atoms with Gasteiger partial charge in [0.2, 0.25) is 5.95 Å². The second kappa shape index (κ2) is 8.16. The second-order valence-electron chi connectivity index (χ2n) is 7.16. The Morgan fingerprint density at radius 3 is 2.90 bits per heavy atom. The first-order valence-corrected chi connectivity index (χ1v) is 9.59. The third-order valence-corrected chi connectivity index (χ3v) is 5.30. The van der Waals surface area contributed by atoms with Gasteiger partial charge in [0.1, 0.15) is 0 Å². The standard InChI is InChI=1S/C23H19FN4O.ClH/c24-22-17(4-2-10-26-22)15-6-8-20-18(11-15)19(13-27-20)23(29)28-16-7-5-14-3-1-9-25-21(14)12-16;/h2,4-8,10-13,25,27H,1,3,9H2,(H,28,29);1H. The van der Waals surface area contributed by atoms with Crippen LogP contribution >= 0.6 is 12.4 Å². The van der Waals surface area contributed by atoms with Crippen LogP contribution in [0.1, 0.15) is 22.3 Å². The Kier molecular flexibility index (Phi) is 5.42. The van der Waals surface area contributed by atoms with Crippen LogP contribution < -0.4 is 10.6 Å². The number of hydrogen-bond donors (Lipinski definition) is 3. The molecule has 1 amide bonds. The number of H-pyrrole nitrogens is 1. The fourth-order valence-electron chi connectivity index (χ4n) is 3.81. The molecule has 5 nitrogen and oxygen atoms in total. The molecule has 0 bridgehead atoms. The summed E-state index contributed by atoms with van der Waals surface area (Å²) >= 11 is 0. The number of carbonyl (C=O) groups excluding carboxylic acids is 1. The summed E-state index contributed by atoms with van der Waals surface area (Å²) in [6.45, 7) is 0.945. The van der Waals surface area contributed by atoms with E-state index >= 15 is 0 Å². The highest BCUT2D eigenvalue weighted by Gasteiger charge is 2.16. The van der Waals surface area contributed by atoms with E-state index in [9.17, 15) is 9.18 Å². The van der Waals surface area contributed by atoms with E-state index in [2.05, 4.69) is 26.7 Å². The van der Waals surface area contributed by atoms with Crippen molar-refractivity contribution in [3.05, 3.63) is 78.0 Å². The van der Waals surface area contributed by atoms with E-state index in [1.807, 2.05) is 30.3 Å². The minimum atomic E-state index is -0.532. The van der Waals surface area contributed by atoms with E-state index in [1.165, 1.54) is 11.8 Å². The lowest BCUT2D eigenvalue weighted by molar-refractivity contribution is 0.102. The van der Waals surface area contributed by atoms with Crippen molar-refractivity contribution in [3.8, 4) is 11.1 Å². The molecular formula is C23H20ClFN4O. The van der Waals surface area contributed by atoms with Gasteiger partial charge in [-0.2, -0.15) is 4.39 Å². The van der Waals surface area contributed by atoms with Gasteiger partial charge < -0.3 is 15.6 Å². The molecule has 0 radical (unpaired) electrons. The summed E-state index contributed by atoms with van der Waals surface area (Å²) in [4.78, 5) is 19.8. The number of carbonyl (C=O) groups is 1. The summed E-state index contributed by atoms with van der Waals surface area (Å²) in [7, 11) is 0. The summed E-state index contributed by atoms with van der Waals surface area (Å²) in [6.07, 6.45) is 5.26. The quantitative estimate of drug-likeness (QED) is 0.387. The summed E-state index contributed by atoms with van der Waals surface area (Å²) in [5.74, 6) is -0.745. The number of benzene rings is 2. The molecule has 3 N–H and O–H groups in total. The molecule has 5 rings (SSSR count). The first kappa shape index (κ1) is 19.9. The number of pyridine rings is 1. The lowest BCUT2D eigenvalue weighted by Gasteiger charge is -2.18. The Hall–Kier alpha value is -3.38. The zero-order chi connectivity index (χ0) is 19.8. The van der Waals surface area contributed by atoms with Crippen molar-refractivity contribution < 1.29 is 9.18 Å². The molecule has 0 unspecified atom stereocenters. The molecule has 0 atom stereocenters. The number of aromatic amines is 1. The number of nitrogens with one attached hydrogen (secondary N) is 3.